The van der Waals surface area contributed by atoms with Crippen LogP contribution in [0.15, 0.2) is 0 Å². The van der Waals surface area contributed by atoms with E-state index < -0.39 is 0 Å². The lowest BCUT2D eigenvalue weighted by atomic mass is 9.92. The van der Waals surface area contributed by atoms with Crippen molar-refractivity contribution in [3.05, 3.63) is 10.6 Å². The summed E-state index contributed by atoms with van der Waals surface area (Å²) in [7, 11) is 0. The van der Waals surface area contributed by atoms with Gasteiger partial charge in [-0.05, 0) is 42.6 Å². The van der Waals surface area contributed by atoms with Gasteiger partial charge in [-0.1, -0.05) is 18.3 Å². The number of carbonyl (C=O) groups is 1. The Morgan fingerprint density at radius 3 is 2.82 bits per heavy atom. The summed E-state index contributed by atoms with van der Waals surface area (Å²) in [4.78, 5) is 18.7. The van der Waals surface area contributed by atoms with Crippen LogP contribution in [0.25, 0.3) is 0 Å². The molecule has 4 heterocycles. The number of amides is 1. The molecule has 0 spiro atoms. The molecule has 1 amide bonds. The maximum atomic E-state index is 12.9. The number of aromatic nitrogens is 2. The van der Waals surface area contributed by atoms with Crippen molar-refractivity contribution in [1.29, 1.82) is 0 Å². The number of hydrogen-bond acceptors (Lipinski definition) is 5. The summed E-state index contributed by atoms with van der Waals surface area (Å²) in [5.41, 5.74) is 1.14. The number of piperidine rings is 1. The van der Waals surface area contributed by atoms with E-state index >= 15 is 0 Å². The van der Waals surface area contributed by atoms with Gasteiger partial charge in [-0.15, -0.1) is 5.10 Å². The van der Waals surface area contributed by atoms with Crippen LogP contribution < -0.4 is 0 Å². The maximum absolute atomic E-state index is 12.9. The summed E-state index contributed by atoms with van der Waals surface area (Å²) in [6, 6.07) is 0.606. The number of rotatable bonds is 2. The number of carbonyl (C=O) groups excluding carboxylic acids is 1. The van der Waals surface area contributed by atoms with Crippen molar-refractivity contribution in [1.82, 2.24) is 19.4 Å². The molecule has 1 aromatic rings. The van der Waals surface area contributed by atoms with Gasteiger partial charge in [-0.2, -0.15) is 0 Å². The summed E-state index contributed by atoms with van der Waals surface area (Å²) in [5, 5.41) is 4.25. The molecule has 5 nitrogen and oxygen atoms in total. The standard InChI is InChI=1S/C16H24N4OS/c1-10-5-11(2)8-19(7-10)9-15(21)20-12-3-4-14(20)16-13(6-12)17-18-22-16/h10-12,14H,3-9H2,1-2H3/t10-,11-,12+,14+/m1/s1. The zero-order valence-electron chi connectivity index (χ0n) is 13.4. The Kier molecular flexibility index (Phi) is 3.69. The van der Waals surface area contributed by atoms with Gasteiger partial charge in [0, 0.05) is 25.6 Å². The first-order chi connectivity index (χ1) is 10.6. The molecule has 6 heteroatoms. The van der Waals surface area contributed by atoms with Crippen molar-refractivity contribution in [3.63, 3.8) is 0 Å². The van der Waals surface area contributed by atoms with Gasteiger partial charge >= 0.3 is 0 Å². The van der Waals surface area contributed by atoms with Crippen LogP contribution in [-0.4, -0.2) is 51.0 Å². The highest BCUT2D eigenvalue weighted by Gasteiger charge is 2.44. The van der Waals surface area contributed by atoms with Crippen molar-refractivity contribution in [3.8, 4) is 0 Å². The van der Waals surface area contributed by atoms with Crippen LogP contribution in [-0.2, 0) is 11.2 Å². The lowest BCUT2D eigenvalue weighted by Gasteiger charge is -2.38. The molecule has 2 saturated heterocycles. The molecule has 22 heavy (non-hydrogen) atoms. The molecule has 0 N–H and O–H groups in total. The van der Waals surface area contributed by atoms with E-state index in [0.717, 1.165) is 38.0 Å². The monoisotopic (exact) mass is 320 g/mol. The van der Waals surface area contributed by atoms with Gasteiger partial charge in [0.25, 0.3) is 0 Å². The smallest absolute Gasteiger partial charge is 0.237 e. The zero-order chi connectivity index (χ0) is 15.3. The Labute approximate surface area is 135 Å². The van der Waals surface area contributed by atoms with E-state index in [9.17, 15) is 4.79 Å². The van der Waals surface area contributed by atoms with Gasteiger partial charge in [0.15, 0.2) is 0 Å². The second kappa shape index (κ2) is 5.57. The lowest BCUT2D eigenvalue weighted by Crippen LogP contribution is -2.49. The summed E-state index contributed by atoms with van der Waals surface area (Å²) in [6.45, 7) is 7.31. The van der Waals surface area contributed by atoms with E-state index in [4.69, 9.17) is 0 Å². The van der Waals surface area contributed by atoms with Crippen molar-refractivity contribution in [2.24, 2.45) is 11.8 Å². The van der Waals surface area contributed by atoms with Crippen molar-refractivity contribution in [2.45, 2.75) is 51.6 Å². The molecule has 4 atom stereocenters. The summed E-state index contributed by atoms with van der Waals surface area (Å²) in [6.07, 6.45) is 4.39. The molecule has 0 saturated carbocycles. The van der Waals surface area contributed by atoms with Crippen LogP contribution in [0, 0.1) is 11.8 Å². The van der Waals surface area contributed by atoms with E-state index in [1.54, 1.807) is 0 Å². The SMILES string of the molecule is C[C@@H]1C[C@@H](C)CN(CC(=O)N2[C@H]3CC[C@H]2c2snnc2C3)C1. The number of likely N-dealkylation sites (tertiary alicyclic amines) is 1. The molecular formula is C16H24N4OS. The molecule has 2 bridgehead atoms. The molecule has 0 aliphatic carbocycles. The van der Waals surface area contributed by atoms with Gasteiger partial charge in [0.2, 0.25) is 5.91 Å². The van der Waals surface area contributed by atoms with Gasteiger partial charge in [0.05, 0.1) is 23.2 Å². The summed E-state index contributed by atoms with van der Waals surface area (Å²) >= 11 is 1.48. The molecule has 120 valence electrons. The summed E-state index contributed by atoms with van der Waals surface area (Å²) in [5.74, 6) is 1.71. The van der Waals surface area contributed by atoms with Crippen molar-refractivity contribution < 1.29 is 4.79 Å². The minimum Gasteiger partial charge on any atom is -0.330 e. The average Bonchev–Trinajstić information content (AvgIpc) is 3.02. The molecule has 2 fully saturated rings. The normalized spacial score (nSPS) is 34.7. The van der Waals surface area contributed by atoms with Crippen molar-refractivity contribution in [2.75, 3.05) is 19.6 Å². The lowest BCUT2D eigenvalue weighted by molar-refractivity contribution is -0.136. The number of hydrogen-bond donors (Lipinski definition) is 0. The molecule has 1 aromatic heterocycles. The molecule has 4 rings (SSSR count). The Morgan fingerprint density at radius 2 is 2.05 bits per heavy atom. The van der Waals surface area contributed by atoms with E-state index in [2.05, 4.69) is 33.2 Å². The molecule has 0 radical (unpaired) electrons. The molecule has 3 aliphatic heterocycles. The van der Waals surface area contributed by atoms with Crippen LogP contribution in [0.3, 0.4) is 0 Å². The van der Waals surface area contributed by atoms with E-state index in [0.29, 0.717) is 30.3 Å². The van der Waals surface area contributed by atoms with Gasteiger partial charge in [0.1, 0.15) is 0 Å². The Morgan fingerprint density at radius 1 is 1.27 bits per heavy atom. The largest absolute Gasteiger partial charge is 0.330 e. The highest BCUT2D eigenvalue weighted by atomic mass is 32.1. The second-order valence-corrected chi connectivity index (χ2v) is 8.26. The first-order valence-corrected chi connectivity index (χ1v) is 9.23. The predicted molar refractivity (Wildman–Crippen MR) is 85.6 cm³/mol. The van der Waals surface area contributed by atoms with Crippen LogP contribution in [0.5, 0.6) is 0 Å². The van der Waals surface area contributed by atoms with Gasteiger partial charge < -0.3 is 4.90 Å². The minimum absolute atomic E-state index is 0.251. The van der Waals surface area contributed by atoms with E-state index in [-0.39, 0.29) is 6.04 Å². The Balaban J connectivity index is 1.47. The topological polar surface area (TPSA) is 49.3 Å². The van der Waals surface area contributed by atoms with Crippen LogP contribution in [0.4, 0.5) is 0 Å². The zero-order valence-corrected chi connectivity index (χ0v) is 14.2. The average molecular weight is 320 g/mol. The Bertz CT molecular complexity index is 564. The fraction of sp³-hybridized carbons (Fsp3) is 0.812. The summed E-state index contributed by atoms with van der Waals surface area (Å²) < 4.78 is 4.10. The second-order valence-electron chi connectivity index (χ2n) is 7.48. The number of fused-ring (bicyclic) bond motifs is 4. The fourth-order valence-electron chi connectivity index (χ4n) is 4.75. The molecule has 3 aliphatic rings. The third-order valence-corrected chi connectivity index (χ3v) is 6.28. The van der Waals surface area contributed by atoms with Crippen LogP contribution >= 0.6 is 11.5 Å². The third kappa shape index (κ3) is 2.46. The highest BCUT2D eigenvalue weighted by molar-refractivity contribution is 7.05. The first kappa shape index (κ1) is 14.6. The number of nitrogens with zero attached hydrogens (tertiary/aromatic N) is 4. The molecule has 0 unspecified atom stereocenters. The fourth-order valence-corrected chi connectivity index (χ4v) is 5.56. The quantitative estimate of drug-likeness (QED) is 0.837. The molecule has 0 aromatic carbocycles. The van der Waals surface area contributed by atoms with Crippen LogP contribution in [0.1, 0.15) is 49.7 Å². The predicted octanol–water partition coefficient (Wildman–Crippen LogP) is 2.10. The van der Waals surface area contributed by atoms with Gasteiger partial charge in [-0.25, -0.2) is 0 Å². The maximum Gasteiger partial charge on any atom is 0.237 e. The van der Waals surface area contributed by atoms with E-state index in [1.165, 1.54) is 22.8 Å². The molecular weight excluding hydrogens is 296 g/mol. The third-order valence-electron chi connectivity index (χ3n) is 5.41. The van der Waals surface area contributed by atoms with Crippen LogP contribution in [0.2, 0.25) is 0 Å². The first-order valence-electron chi connectivity index (χ1n) is 8.46. The highest BCUT2D eigenvalue weighted by Crippen LogP contribution is 2.44. The Hall–Kier alpha value is -1.01. The van der Waals surface area contributed by atoms with E-state index in [1.807, 2.05) is 0 Å². The van der Waals surface area contributed by atoms with Crippen molar-refractivity contribution >= 4 is 17.4 Å². The van der Waals surface area contributed by atoms with Gasteiger partial charge in [-0.3, -0.25) is 9.69 Å². The minimum atomic E-state index is 0.251.